The minimum absolute atomic E-state index is 0.0902. The first-order chi connectivity index (χ1) is 11.5. The number of fused-ring (bicyclic) bond motifs is 2. The lowest BCUT2D eigenvalue weighted by Gasteiger charge is -2.07. The third kappa shape index (κ3) is 2.45. The average molecular weight is 357 g/mol. The lowest BCUT2D eigenvalue weighted by atomic mass is 10.0. The van der Waals surface area contributed by atoms with Crippen molar-refractivity contribution in [2.24, 2.45) is 0 Å². The van der Waals surface area contributed by atoms with Crippen molar-refractivity contribution >= 4 is 45.8 Å². The Hall–Kier alpha value is -2.10. The summed E-state index contributed by atoms with van der Waals surface area (Å²) in [5.74, 6) is 0.694. The van der Waals surface area contributed by atoms with Crippen molar-refractivity contribution < 1.29 is 0 Å². The van der Waals surface area contributed by atoms with Gasteiger partial charge in [0.2, 0.25) is 0 Å². The molecule has 1 aliphatic heterocycles. The van der Waals surface area contributed by atoms with Crippen LogP contribution in [0.25, 0.3) is 22.6 Å². The summed E-state index contributed by atoms with van der Waals surface area (Å²) in [7, 11) is 0. The van der Waals surface area contributed by atoms with E-state index < -0.39 is 0 Å². The molecule has 0 unspecified atom stereocenters. The number of nitrogens with zero attached hydrogens (tertiary/aromatic N) is 2. The summed E-state index contributed by atoms with van der Waals surface area (Å²) in [6.07, 6.45) is 2.88. The highest BCUT2D eigenvalue weighted by atomic mass is 35.5. The predicted octanol–water partition coefficient (Wildman–Crippen LogP) is 4.96. The third-order valence-electron chi connectivity index (χ3n) is 4.39. The van der Waals surface area contributed by atoms with Crippen molar-refractivity contribution in [2.45, 2.75) is 19.9 Å². The molecular weight excluding hydrogens is 343 g/mol. The summed E-state index contributed by atoms with van der Waals surface area (Å²) in [6.45, 7) is 2.69. The number of allylic oxidation sites excluding steroid dienone is 1. The predicted molar refractivity (Wildman–Crippen MR) is 99.7 cm³/mol. The van der Waals surface area contributed by atoms with Gasteiger partial charge in [-0.1, -0.05) is 47.5 Å². The largest absolute Gasteiger partial charge is 0.292 e. The molecule has 0 radical (unpaired) electrons. The molecule has 2 heterocycles. The van der Waals surface area contributed by atoms with E-state index in [0.717, 1.165) is 17.6 Å². The molecule has 0 N–H and O–H groups in total. The summed E-state index contributed by atoms with van der Waals surface area (Å²) >= 11 is 12.3. The summed E-state index contributed by atoms with van der Waals surface area (Å²) in [4.78, 5) is 17.4. The van der Waals surface area contributed by atoms with Crippen LogP contribution in [0.2, 0.25) is 10.0 Å². The van der Waals surface area contributed by atoms with E-state index in [2.05, 4.69) is 30.1 Å². The van der Waals surface area contributed by atoms with Gasteiger partial charge in [-0.15, -0.1) is 0 Å². The number of aromatic nitrogens is 2. The Bertz CT molecular complexity index is 1070. The highest BCUT2D eigenvalue weighted by Crippen LogP contribution is 2.31. The number of hydrogen-bond donors (Lipinski definition) is 0. The van der Waals surface area contributed by atoms with E-state index in [1.54, 1.807) is 16.7 Å². The zero-order chi connectivity index (χ0) is 16.8. The van der Waals surface area contributed by atoms with Gasteiger partial charge in [-0.3, -0.25) is 9.36 Å². The maximum Gasteiger partial charge on any atom is 0.261 e. The van der Waals surface area contributed by atoms with E-state index in [1.165, 1.54) is 5.56 Å². The SMILES string of the molecule is Cc1ccccc1/C=C1\CCn2c1nc1c(Cl)cc(Cl)cc1c2=O. The van der Waals surface area contributed by atoms with Crippen LogP contribution in [0.1, 0.15) is 23.4 Å². The molecule has 0 saturated carbocycles. The summed E-state index contributed by atoms with van der Waals surface area (Å²) in [5, 5.41) is 1.31. The van der Waals surface area contributed by atoms with Crippen molar-refractivity contribution in [2.75, 3.05) is 0 Å². The van der Waals surface area contributed by atoms with E-state index in [0.29, 0.717) is 33.3 Å². The molecule has 2 aromatic carbocycles. The van der Waals surface area contributed by atoms with Crippen LogP contribution in [0.5, 0.6) is 0 Å². The normalized spacial score (nSPS) is 15.2. The standard InChI is InChI=1S/C19H14Cl2N2O/c1-11-4-2-3-5-12(11)8-13-6-7-23-18(13)22-17-15(19(23)24)9-14(20)10-16(17)21/h2-5,8-10H,6-7H2,1H3/b13-8+. The molecule has 120 valence electrons. The van der Waals surface area contributed by atoms with E-state index in [4.69, 9.17) is 23.2 Å². The fourth-order valence-electron chi connectivity index (χ4n) is 3.12. The van der Waals surface area contributed by atoms with Gasteiger partial charge >= 0.3 is 0 Å². The van der Waals surface area contributed by atoms with Crippen molar-refractivity contribution in [1.82, 2.24) is 9.55 Å². The Morgan fingerprint density at radius 2 is 2.00 bits per heavy atom. The van der Waals surface area contributed by atoms with Crippen molar-refractivity contribution in [3.05, 3.63) is 73.7 Å². The Balaban J connectivity index is 1.96. The van der Waals surface area contributed by atoms with E-state index in [9.17, 15) is 4.79 Å². The zero-order valence-electron chi connectivity index (χ0n) is 13.0. The van der Waals surface area contributed by atoms with Gasteiger partial charge in [0.25, 0.3) is 5.56 Å². The van der Waals surface area contributed by atoms with E-state index in [1.807, 2.05) is 12.1 Å². The first kappa shape index (κ1) is 15.4. The second-order valence-corrected chi connectivity index (χ2v) is 6.80. The highest BCUT2D eigenvalue weighted by molar-refractivity contribution is 6.38. The monoisotopic (exact) mass is 356 g/mol. The number of benzene rings is 2. The lowest BCUT2D eigenvalue weighted by molar-refractivity contribution is 0.725. The van der Waals surface area contributed by atoms with E-state index in [-0.39, 0.29) is 5.56 Å². The van der Waals surface area contributed by atoms with Crippen LogP contribution < -0.4 is 5.56 Å². The van der Waals surface area contributed by atoms with Gasteiger partial charge in [-0.05, 0) is 48.3 Å². The Morgan fingerprint density at radius 3 is 2.79 bits per heavy atom. The quantitative estimate of drug-likeness (QED) is 0.617. The minimum Gasteiger partial charge on any atom is -0.292 e. The van der Waals surface area contributed by atoms with Crippen LogP contribution >= 0.6 is 23.2 Å². The highest BCUT2D eigenvalue weighted by Gasteiger charge is 2.22. The Labute approximate surface area is 149 Å². The fourth-order valence-corrected chi connectivity index (χ4v) is 3.66. The Kier molecular flexibility index (Phi) is 3.70. The number of hydrogen-bond acceptors (Lipinski definition) is 2. The van der Waals surface area contributed by atoms with Crippen LogP contribution in [0, 0.1) is 6.92 Å². The van der Waals surface area contributed by atoms with Crippen molar-refractivity contribution in [3.63, 3.8) is 0 Å². The number of rotatable bonds is 1. The molecular formula is C19H14Cl2N2O. The topological polar surface area (TPSA) is 34.9 Å². The molecule has 0 saturated heterocycles. The first-order valence-corrected chi connectivity index (χ1v) is 8.46. The van der Waals surface area contributed by atoms with Gasteiger partial charge in [0.1, 0.15) is 5.82 Å². The van der Waals surface area contributed by atoms with Gasteiger partial charge in [0.05, 0.1) is 15.9 Å². The average Bonchev–Trinajstić information content (AvgIpc) is 2.94. The van der Waals surface area contributed by atoms with Gasteiger partial charge in [0, 0.05) is 11.6 Å². The molecule has 5 heteroatoms. The molecule has 0 bridgehead atoms. The van der Waals surface area contributed by atoms with Crippen LogP contribution in [0.3, 0.4) is 0 Å². The smallest absolute Gasteiger partial charge is 0.261 e. The van der Waals surface area contributed by atoms with Crippen LogP contribution in [-0.4, -0.2) is 9.55 Å². The third-order valence-corrected chi connectivity index (χ3v) is 4.89. The summed E-state index contributed by atoms with van der Waals surface area (Å²) < 4.78 is 1.71. The molecule has 0 aliphatic carbocycles. The molecule has 0 amide bonds. The van der Waals surface area contributed by atoms with Gasteiger partial charge in [-0.25, -0.2) is 4.98 Å². The fraction of sp³-hybridized carbons (Fsp3) is 0.158. The van der Waals surface area contributed by atoms with Gasteiger partial charge in [-0.2, -0.15) is 0 Å². The van der Waals surface area contributed by atoms with Crippen molar-refractivity contribution in [3.8, 4) is 0 Å². The molecule has 0 atom stereocenters. The van der Waals surface area contributed by atoms with E-state index >= 15 is 0 Å². The van der Waals surface area contributed by atoms with Crippen LogP contribution in [0.15, 0.2) is 41.2 Å². The Morgan fingerprint density at radius 1 is 1.21 bits per heavy atom. The van der Waals surface area contributed by atoms with Gasteiger partial charge in [0.15, 0.2) is 0 Å². The molecule has 3 aromatic rings. The summed E-state index contributed by atoms with van der Waals surface area (Å²) in [5.41, 5.74) is 3.80. The maximum atomic E-state index is 12.8. The first-order valence-electron chi connectivity index (χ1n) is 7.71. The molecule has 0 fully saturated rings. The van der Waals surface area contributed by atoms with Crippen LogP contribution in [0.4, 0.5) is 0 Å². The number of aryl methyl sites for hydroxylation is 1. The maximum absolute atomic E-state index is 12.8. The number of halogens is 2. The van der Waals surface area contributed by atoms with Gasteiger partial charge < -0.3 is 0 Å². The lowest BCUT2D eigenvalue weighted by Crippen LogP contribution is -2.20. The zero-order valence-corrected chi connectivity index (χ0v) is 14.5. The molecule has 1 aliphatic rings. The minimum atomic E-state index is -0.0902. The second-order valence-electron chi connectivity index (χ2n) is 5.95. The summed E-state index contributed by atoms with van der Waals surface area (Å²) in [6, 6.07) is 11.4. The molecule has 24 heavy (non-hydrogen) atoms. The molecule has 1 aromatic heterocycles. The van der Waals surface area contributed by atoms with Crippen molar-refractivity contribution in [1.29, 1.82) is 0 Å². The molecule has 0 spiro atoms. The molecule has 3 nitrogen and oxygen atoms in total. The molecule has 4 rings (SSSR count). The van der Waals surface area contributed by atoms with Crippen LogP contribution in [-0.2, 0) is 6.54 Å². The second kappa shape index (κ2) is 5.76.